The number of rotatable bonds is 4. The summed E-state index contributed by atoms with van der Waals surface area (Å²) in [5, 5.41) is 6.70. The van der Waals surface area contributed by atoms with Crippen molar-refractivity contribution in [2.45, 2.75) is 25.7 Å². The van der Waals surface area contributed by atoms with E-state index in [0.29, 0.717) is 11.8 Å². The van der Waals surface area contributed by atoms with Crippen molar-refractivity contribution >= 4 is 39.0 Å². The molecule has 1 saturated carbocycles. The molecule has 2 atom stereocenters. The van der Waals surface area contributed by atoms with Crippen molar-refractivity contribution in [3.05, 3.63) is 17.8 Å². The van der Waals surface area contributed by atoms with Gasteiger partial charge in [0.25, 0.3) is 0 Å². The Morgan fingerprint density at radius 1 is 1.26 bits per heavy atom. The molecule has 2 aromatic rings. The van der Waals surface area contributed by atoms with Crippen LogP contribution >= 0.6 is 22.9 Å². The Hall–Kier alpha value is -0.870. The van der Waals surface area contributed by atoms with Crippen LogP contribution in [0, 0.1) is 11.8 Å². The molecule has 2 heterocycles. The highest BCUT2D eigenvalue weighted by Gasteiger charge is 2.24. The fourth-order valence-electron chi connectivity index (χ4n) is 2.92. The smallest absolute Gasteiger partial charge is 0.138 e. The quantitative estimate of drug-likeness (QED) is 0.861. The number of anilines is 1. The standard InChI is InChI=1S/C14H18ClN3S/c15-7-10-3-1-2-4-11(10)8-16-13-12-5-6-19-14(12)18-9-17-13/h5-6,9-11H,1-4,7-8H2,(H,16,17,18). The van der Waals surface area contributed by atoms with Gasteiger partial charge >= 0.3 is 0 Å². The first-order valence-electron chi connectivity index (χ1n) is 6.86. The topological polar surface area (TPSA) is 37.8 Å². The highest BCUT2D eigenvalue weighted by atomic mass is 35.5. The van der Waals surface area contributed by atoms with E-state index in [9.17, 15) is 0 Å². The number of halogens is 1. The molecule has 1 aliphatic rings. The monoisotopic (exact) mass is 295 g/mol. The van der Waals surface area contributed by atoms with E-state index < -0.39 is 0 Å². The molecule has 1 aliphatic carbocycles. The summed E-state index contributed by atoms with van der Waals surface area (Å²) in [6.07, 6.45) is 6.85. The van der Waals surface area contributed by atoms with E-state index in [1.165, 1.54) is 25.7 Å². The van der Waals surface area contributed by atoms with Crippen LogP contribution < -0.4 is 5.32 Å². The average molecular weight is 296 g/mol. The van der Waals surface area contributed by atoms with Gasteiger partial charge in [-0.25, -0.2) is 9.97 Å². The summed E-state index contributed by atoms with van der Waals surface area (Å²) >= 11 is 7.74. The summed E-state index contributed by atoms with van der Waals surface area (Å²) in [6.45, 7) is 0.972. The number of hydrogen-bond acceptors (Lipinski definition) is 4. The number of nitrogens with zero attached hydrogens (tertiary/aromatic N) is 2. The van der Waals surface area contributed by atoms with E-state index in [2.05, 4.69) is 26.7 Å². The highest BCUT2D eigenvalue weighted by molar-refractivity contribution is 7.16. The molecule has 0 amide bonds. The molecule has 0 aliphatic heterocycles. The van der Waals surface area contributed by atoms with Gasteiger partial charge in [-0.1, -0.05) is 12.8 Å². The minimum atomic E-state index is 0.655. The summed E-state index contributed by atoms with van der Waals surface area (Å²) in [4.78, 5) is 9.69. The molecule has 2 aromatic heterocycles. The predicted molar refractivity (Wildman–Crippen MR) is 82.1 cm³/mol. The second kappa shape index (κ2) is 6.06. The number of nitrogens with one attached hydrogen (secondary N) is 1. The average Bonchev–Trinajstić information content (AvgIpc) is 2.94. The molecule has 0 saturated heterocycles. The van der Waals surface area contributed by atoms with E-state index >= 15 is 0 Å². The van der Waals surface area contributed by atoms with E-state index in [0.717, 1.165) is 28.5 Å². The Balaban J connectivity index is 1.69. The Morgan fingerprint density at radius 2 is 2.11 bits per heavy atom. The van der Waals surface area contributed by atoms with Crippen molar-refractivity contribution in [1.82, 2.24) is 9.97 Å². The van der Waals surface area contributed by atoms with Gasteiger partial charge in [0.15, 0.2) is 0 Å². The summed E-state index contributed by atoms with van der Waals surface area (Å²) < 4.78 is 0. The van der Waals surface area contributed by atoms with Gasteiger partial charge in [0.05, 0.1) is 5.39 Å². The number of thiophene rings is 1. The van der Waals surface area contributed by atoms with E-state index in [4.69, 9.17) is 11.6 Å². The molecule has 19 heavy (non-hydrogen) atoms. The summed E-state index contributed by atoms with van der Waals surface area (Å²) in [5.41, 5.74) is 0. The second-order valence-corrected chi connectivity index (χ2v) is 6.40. The fourth-order valence-corrected chi connectivity index (χ4v) is 4.05. The van der Waals surface area contributed by atoms with Crippen LogP contribution in [0.1, 0.15) is 25.7 Å². The summed E-state index contributed by atoms with van der Waals surface area (Å²) in [5.74, 6) is 3.08. The van der Waals surface area contributed by atoms with Crippen LogP contribution in [0.3, 0.4) is 0 Å². The molecule has 3 nitrogen and oxygen atoms in total. The molecular formula is C14H18ClN3S. The molecule has 2 unspecified atom stereocenters. The van der Waals surface area contributed by atoms with Gasteiger partial charge in [0, 0.05) is 12.4 Å². The van der Waals surface area contributed by atoms with Gasteiger partial charge in [-0.15, -0.1) is 22.9 Å². The molecule has 5 heteroatoms. The van der Waals surface area contributed by atoms with Crippen molar-refractivity contribution in [2.75, 3.05) is 17.7 Å². The molecule has 0 bridgehead atoms. The van der Waals surface area contributed by atoms with Gasteiger partial charge in [-0.3, -0.25) is 0 Å². The van der Waals surface area contributed by atoms with Gasteiger partial charge in [0.2, 0.25) is 0 Å². The largest absolute Gasteiger partial charge is 0.369 e. The second-order valence-electron chi connectivity index (χ2n) is 5.20. The zero-order chi connectivity index (χ0) is 13.1. The number of hydrogen-bond donors (Lipinski definition) is 1. The highest BCUT2D eigenvalue weighted by Crippen LogP contribution is 2.31. The van der Waals surface area contributed by atoms with E-state index in [1.807, 2.05) is 0 Å². The first-order valence-corrected chi connectivity index (χ1v) is 8.28. The molecule has 0 radical (unpaired) electrons. The fraction of sp³-hybridized carbons (Fsp3) is 0.571. The zero-order valence-corrected chi connectivity index (χ0v) is 12.4. The molecule has 1 N–H and O–H groups in total. The third kappa shape index (κ3) is 2.84. The summed E-state index contributed by atoms with van der Waals surface area (Å²) in [7, 11) is 0. The molecule has 3 rings (SSSR count). The lowest BCUT2D eigenvalue weighted by Gasteiger charge is -2.30. The molecule has 1 fully saturated rings. The minimum Gasteiger partial charge on any atom is -0.369 e. The first-order chi connectivity index (χ1) is 9.38. The van der Waals surface area contributed by atoms with Crippen LogP contribution in [0.4, 0.5) is 5.82 Å². The van der Waals surface area contributed by atoms with Crippen LogP contribution in [0.15, 0.2) is 17.8 Å². The van der Waals surface area contributed by atoms with Gasteiger partial charge in [-0.2, -0.15) is 0 Å². The lowest BCUT2D eigenvalue weighted by molar-refractivity contribution is 0.272. The Morgan fingerprint density at radius 3 is 2.95 bits per heavy atom. The van der Waals surface area contributed by atoms with Crippen LogP contribution in [0.5, 0.6) is 0 Å². The van der Waals surface area contributed by atoms with Crippen molar-refractivity contribution in [1.29, 1.82) is 0 Å². The molecule has 0 spiro atoms. The van der Waals surface area contributed by atoms with E-state index in [1.54, 1.807) is 17.7 Å². The van der Waals surface area contributed by atoms with Gasteiger partial charge in [-0.05, 0) is 36.1 Å². The van der Waals surface area contributed by atoms with Crippen molar-refractivity contribution in [3.63, 3.8) is 0 Å². The van der Waals surface area contributed by atoms with Crippen LogP contribution in [0.25, 0.3) is 10.2 Å². The predicted octanol–water partition coefficient (Wildman–Crippen LogP) is 4.15. The van der Waals surface area contributed by atoms with Crippen molar-refractivity contribution in [3.8, 4) is 0 Å². The summed E-state index contributed by atoms with van der Waals surface area (Å²) in [6, 6.07) is 2.09. The van der Waals surface area contributed by atoms with Crippen LogP contribution in [-0.4, -0.2) is 22.4 Å². The zero-order valence-electron chi connectivity index (χ0n) is 10.8. The first kappa shape index (κ1) is 13.1. The van der Waals surface area contributed by atoms with Crippen LogP contribution in [0.2, 0.25) is 0 Å². The number of aromatic nitrogens is 2. The Labute approximate surface area is 122 Å². The third-order valence-corrected chi connectivity index (χ3v) is 5.28. The minimum absolute atomic E-state index is 0.655. The maximum Gasteiger partial charge on any atom is 0.138 e. The Kier molecular flexibility index (Phi) is 4.18. The third-order valence-electron chi connectivity index (χ3n) is 4.06. The number of alkyl halides is 1. The van der Waals surface area contributed by atoms with Crippen molar-refractivity contribution in [2.24, 2.45) is 11.8 Å². The number of fused-ring (bicyclic) bond motifs is 1. The maximum absolute atomic E-state index is 6.08. The van der Waals surface area contributed by atoms with Crippen molar-refractivity contribution < 1.29 is 0 Å². The molecular weight excluding hydrogens is 278 g/mol. The lowest BCUT2D eigenvalue weighted by Crippen LogP contribution is -2.27. The van der Waals surface area contributed by atoms with E-state index in [-0.39, 0.29) is 0 Å². The molecule has 102 valence electrons. The SMILES string of the molecule is ClCC1CCCCC1CNc1ncnc2sccc12. The normalized spacial score (nSPS) is 23.6. The maximum atomic E-state index is 6.08. The Bertz CT molecular complexity index is 542. The molecule has 0 aromatic carbocycles. The van der Waals surface area contributed by atoms with Crippen LogP contribution in [-0.2, 0) is 0 Å². The van der Waals surface area contributed by atoms with Gasteiger partial charge < -0.3 is 5.32 Å². The van der Waals surface area contributed by atoms with Gasteiger partial charge in [0.1, 0.15) is 17.0 Å². The lowest BCUT2D eigenvalue weighted by atomic mass is 9.80.